The van der Waals surface area contributed by atoms with Crippen LogP contribution in [0.25, 0.3) is 0 Å². The Morgan fingerprint density at radius 3 is 2.62 bits per heavy atom. The minimum atomic E-state index is -0.712. The third kappa shape index (κ3) is 4.31. The minimum Gasteiger partial charge on any atom is -0.348 e. The molecule has 5 nitrogen and oxygen atoms in total. The maximum atomic E-state index is 13.7. The number of carbonyl (C=O) groups is 2. The number of benzene rings is 2. The molecule has 0 heterocycles. The standard InChI is InChI=1S/C17H13ClFN3O2/c18-12-5-3-6-13(19)16(12)17(24)21-10-11-4-1-2-7-14(11)22-15(23)8-9-20/h1-7H,8,10H2,(H,21,24)(H,22,23). The molecule has 0 radical (unpaired) electrons. The fraction of sp³-hybridized carbons (Fsp3) is 0.118. The van der Waals surface area contributed by atoms with Gasteiger partial charge in [0.05, 0.1) is 16.7 Å². The average molecular weight is 346 g/mol. The van der Waals surface area contributed by atoms with Crippen LogP contribution in [0.15, 0.2) is 42.5 Å². The lowest BCUT2D eigenvalue weighted by Crippen LogP contribution is -2.25. The third-order valence-corrected chi connectivity index (χ3v) is 3.48. The van der Waals surface area contributed by atoms with E-state index in [4.69, 9.17) is 16.9 Å². The van der Waals surface area contributed by atoms with E-state index in [2.05, 4.69) is 10.6 Å². The highest BCUT2D eigenvalue weighted by atomic mass is 35.5. The van der Waals surface area contributed by atoms with Gasteiger partial charge in [0.15, 0.2) is 0 Å². The fourth-order valence-corrected chi connectivity index (χ4v) is 2.29. The zero-order chi connectivity index (χ0) is 17.5. The van der Waals surface area contributed by atoms with Crippen molar-refractivity contribution < 1.29 is 14.0 Å². The number of hydrogen-bond donors (Lipinski definition) is 2. The first-order valence-corrected chi connectivity index (χ1v) is 7.37. The molecule has 0 fully saturated rings. The summed E-state index contributed by atoms with van der Waals surface area (Å²) in [5, 5.41) is 13.7. The van der Waals surface area contributed by atoms with Gasteiger partial charge in [-0.05, 0) is 23.8 Å². The molecule has 0 spiro atoms. The molecule has 0 aromatic heterocycles. The van der Waals surface area contributed by atoms with Crippen LogP contribution in [-0.4, -0.2) is 11.8 Å². The summed E-state index contributed by atoms with van der Waals surface area (Å²) in [6.07, 6.45) is -0.272. The van der Waals surface area contributed by atoms with Gasteiger partial charge in [-0.1, -0.05) is 35.9 Å². The number of para-hydroxylation sites is 1. The number of nitriles is 1. The molecule has 2 amide bonds. The van der Waals surface area contributed by atoms with Crippen molar-refractivity contribution in [2.75, 3.05) is 5.32 Å². The number of anilines is 1. The van der Waals surface area contributed by atoms with Crippen LogP contribution in [0.1, 0.15) is 22.3 Å². The second-order valence-electron chi connectivity index (χ2n) is 4.82. The normalized spacial score (nSPS) is 9.88. The van der Waals surface area contributed by atoms with Gasteiger partial charge in [-0.2, -0.15) is 5.26 Å². The molecule has 0 aliphatic carbocycles. The van der Waals surface area contributed by atoms with Gasteiger partial charge in [-0.3, -0.25) is 9.59 Å². The highest BCUT2D eigenvalue weighted by Gasteiger charge is 2.16. The molecule has 2 N–H and O–H groups in total. The zero-order valence-electron chi connectivity index (χ0n) is 12.5. The SMILES string of the molecule is N#CCC(=O)Nc1ccccc1CNC(=O)c1c(F)cccc1Cl. The quantitative estimate of drug-likeness (QED) is 0.872. The Kier molecular flexibility index (Phi) is 5.88. The summed E-state index contributed by atoms with van der Waals surface area (Å²) < 4.78 is 13.7. The van der Waals surface area contributed by atoms with Gasteiger partial charge >= 0.3 is 0 Å². The molecule has 0 saturated carbocycles. The van der Waals surface area contributed by atoms with Crippen LogP contribution in [0.5, 0.6) is 0 Å². The number of hydrogen-bond acceptors (Lipinski definition) is 3. The predicted octanol–water partition coefficient (Wildman–Crippen LogP) is 3.26. The first kappa shape index (κ1) is 17.4. The molecule has 0 unspecified atom stereocenters. The topological polar surface area (TPSA) is 82.0 Å². The first-order valence-electron chi connectivity index (χ1n) is 7.00. The second kappa shape index (κ2) is 8.09. The summed E-state index contributed by atoms with van der Waals surface area (Å²) in [5.41, 5.74) is 0.854. The smallest absolute Gasteiger partial charge is 0.256 e. The summed E-state index contributed by atoms with van der Waals surface area (Å²) in [6.45, 7) is 0.0620. The van der Waals surface area contributed by atoms with Crippen LogP contribution in [0, 0.1) is 17.1 Å². The summed E-state index contributed by atoms with van der Waals surface area (Å²) >= 11 is 5.85. The Labute approximate surface area is 143 Å². The van der Waals surface area contributed by atoms with Crippen LogP contribution in [0.4, 0.5) is 10.1 Å². The van der Waals surface area contributed by atoms with Gasteiger partial charge in [-0.25, -0.2) is 4.39 Å². The van der Waals surface area contributed by atoms with Gasteiger partial charge in [-0.15, -0.1) is 0 Å². The van der Waals surface area contributed by atoms with Gasteiger partial charge in [0.2, 0.25) is 5.91 Å². The molecule has 0 atom stereocenters. The fourth-order valence-electron chi connectivity index (χ4n) is 2.04. The van der Waals surface area contributed by atoms with E-state index in [0.717, 1.165) is 6.07 Å². The number of rotatable bonds is 5. The number of nitrogens with one attached hydrogen (secondary N) is 2. The molecule has 0 aliphatic rings. The van der Waals surface area contributed by atoms with E-state index in [1.54, 1.807) is 30.3 Å². The van der Waals surface area contributed by atoms with Crippen LogP contribution < -0.4 is 10.6 Å². The summed E-state index contributed by atoms with van der Waals surface area (Å²) in [4.78, 5) is 23.7. The molecular weight excluding hydrogens is 333 g/mol. The van der Waals surface area contributed by atoms with Crippen LogP contribution in [0.3, 0.4) is 0 Å². The molecule has 2 rings (SSSR count). The molecule has 0 bridgehead atoms. The van der Waals surface area contributed by atoms with Gasteiger partial charge in [0.1, 0.15) is 12.2 Å². The van der Waals surface area contributed by atoms with Gasteiger partial charge < -0.3 is 10.6 Å². The van der Waals surface area contributed by atoms with Crippen molar-refractivity contribution in [2.24, 2.45) is 0 Å². The van der Waals surface area contributed by atoms with E-state index in [-0.39, 0.29) is 23.6 Å². The van der Waals surface area contributed by atoms with Crippen molar-refractivity contribution in [3.8, 4) is 6.07 Å². The van der Waals surface area contributed by atoms with Crippen LogP contribution >= 0.6 is 11.6 Å². The molecule has 0 aliphatic heterocycles. The zero-order valence-corrected chi connectivity index (χ0v) is 13.2. The van der Waals surface area contributed by atoms with Gasteiger partial charge in [0.25, 0.3) is 5.91 Å². The van der Waals surface area contributed by atoms with Crippen molar-refractivity contribution >= 4 is 29.1 Å². The van der Waals surface area contributed by atoms with E-state index in [1.807, 2.05) is 0 Å². The highest BCUT2D eigenvalue weighted by molar-refractivity contribution is 6.33. The van der Waals surface area contributed by atoms with Crippen molar-refractivity contribution in [3.63, 3.8) is 0 Å². The summed E-state index contributed by atoms with van der Waals surface area (Å²) in [5.74, 6) is -1.82. The first-order chi connectivity index (χ1) is 11.5. The Balaban J connectivity index is 2.11. The molecule has 2 aromatic carbocycles. The lowest BCUT2D eigenvalue weighted by molar-refractivity contribution is -0.115. The van der Waals surface area contributed by atoms with Crippen LogP contribution in [-0.2, 0) is 11.3 Å². The molecule has 24 heavy (non-hydrogen) atoms. The molecule has 7 heteroatoms. The van der Waals surface area contributed by atoms with Crippen molar-refractivity contribution in [3.05, 3.63) is 64.4 Å². The number of amides is 2. The lowest BCUT2D eigenvalue weighted by atomic mass is 10.1. The Morgan fingerprint density at radius 1 is 1.17 bits per heavy atom. The van der Waals surface area contributed by atoms with E-state index in [9.17, 15) is 14.0 Å². The molecule has 0 saturated heterocycles. The maximum absolute atomic E-state index is 13.7. The Bertz CT molecular complexity index is 797. The van der Waals surface area contributed by atoms with Crippen molar-refractivity contribution in [1.82, 2.24) is 5.32 Å². The maximum Gasteiger partial charge on any atom is 0.256 e. The summed E-state index contributed by atoms with van der Waals surface area (Å²) in [6, 6.07) is 12.5. The Hall–Kier alpha value is -2.91. The average Bonchev–Trinajstić information content (AvgIpc) is 2.54. The van der Waals surface area contributed by atoms with Crippen molar-refractivity contribution in [1.29, 1.82) is 5.26 Å². The molecular formula is C17H13ClFN3O2. The van der Waals surface area contributed by atoms with E-state index < -0.39 is 17.6 Å². The number of nitrogens with zero attached hydrogens (tertiary/aromatic N) is 1. The Morgan fingerprint density at radius 2 is 1.92 bits per heavy atom. The predicted molar refractivity (Wildman–Crippen MR) is 87.9 cm³/mol. The largest absolute Gasteiger partial charge is 0.348 e. The molecule has 2 aromatic rings. The van der Waals surface area contributed by atoms with Gasteiger partial charge in [0, 0.05) is 12.2 Å². The monoisotopic (exact) mass is 345 g/mol. The van der Waals surface area contributed by atoms with E-state index in [1.165, 1.54) is 12.1 Å². The van der Waals surface area contributed by atoms with E-state index in [0.29, 0.717) is 11.3 Å². The highest BCUT2D eigenvalue weighted by Crippen LogP contribution is 2.20. The summed E-state index contributed by atoms with van der Waals surface area (Å²) in [7, 11) is 0. The number of halogens is 2. The van der Waals surface area contributed by atoms with Crippen molar-refractivity contribution in [2.45, 2.75) is 13.0 Å². The van der Waals surface area contributed by atoms with Crippen LogP contribution in [0.2, 0.25) is 5.02 Å². The second-order valence-corrected chi connectivity index (χ2v) is 5.23. The number of carbonyl (C=O) groups excluding carboxylic acids is 2. The van der Waals surface area contributed by atoms with E-state index >= 15 is 0 Å². The third-order valence-electron chi connectivity index (χ3n) is 3.16. The minimum absolute atomic E-state index is 0.0168. The molecule has 122 valence electrons. The lowest BCUT2D eigenvalue weighted by Gasteiger charge is -2.12.